The molecular formula is C20H33N3O15. The van der Waals surface area contributed by atoms with E-state index in [1.54, 1.807) is 0 Å². The lowest BCUT2D eigenvalue weighted by Gasteiger charge is -2.30. The van der Waals surface area contributed by atoms with Gasteiger partial charge in [-0.25, -0.2) is 0 Å². The largest absolute Gasteiger partial charge is 0.481 e. The summed E-state index contributed by atoms with van der Waals surface area (Å²) in [5, 5.41) is 60.5. The number of hydrogen-bond acceptors (Lipinski definition) is 11. The quantitative estimate of drug-likeness (QED) is 0.109. The number of nitrogens with zero attached hydrogens (tertiary/aromatic N) is 2. The molecule has 1 saturated heterocycles. The van der Waals surface area contributed by atoms with Gasteiger partial charge < -0.3 is 45.5 Å². The van der Waals surface area contributed by atoms with E-state index in [0.717, 1.165) is 16.7 Å². The zero-order valence-electron chi connectivity index (χ0n) is 19.6. The van der Waals surface area contributed by atoms with Gasteiger partial charge in [0.2, 0.25) is 11.8 Å². The number of rotatable bonds is 12. The maximum atomic E-state index is 11.4. The molecule has 8 N–H and O–H groups in total. The molecule has 1 heterocycles. The third kappa shape index (κ3) is 21.1. The Morgan fingerprint density at radius 3 is 1.63 bits per heavy atom. The van der Waals surface area contributed by atoms with E-state index in [-0.39, 0.29) is 52.2 Å². The Morgan fingerprint density at radius 2 is 1.32 bits per heavy atom. The molecule has 1 fully saturated rings. The van der Waals surface area contributed by atoms with Crippen molar-refractivity contribution in [3.63, 3.8) is 0 Å². The molecule has 218 valence electrons. The van der Waals surface area contributed by atoms with Crippen molar-refractivity contribution in [2.75, 3.05) is 39.3 Å². The number of likely N-dealkylation sites (tertiary alicyclic amines) is 1. The Labute approximate surface area is 216 Å². The number of carbonyl (C=O) groups is 8. The third-order valence-corrected chi connectivity index (χ3v) is 4.03. The number of β-amino-alcohol motifs (C(OH)–C–C–N with tert-alkyl or cyclic N) is 2. The van der Waals surface area contributed by atoms with Gasteiger partial charge in [-0.15, -0.1) is 0 Å². The fourth-order valence-electron chi connectivity index (χ4n) is 2.50. The Bertz CT molecular complexity index is 829. The van der Waals surface area contributed by atoms with Gasteiger partial charge in [-0.2, -0.15) is 0 Å². The maximum absolute atomic E-state index is 11.4. The van der Waals surface area contributed by atoms with Gasteiger partial charge in [-0.1, -0.05) is 7.43 Å². The summed E-state index contributed by atoms with van der Waals surface area (Å²) >= 11 is 0. The van der Waals surface area contributed by atoms with Crippen LogP contribution in [0.1, 0.15) is 27.2 Å². The molecule has 1 aliphatic heterocycles. The van der Waals surface area contributed by atoms with Crippen molar-refractivity contribution in [3.05, 3.63) is 0 Å². The van der Waals surface area contributed by atoms with E-state index in [2.05, 4.69) is 5.32 Å². The second-order valence-corrected chi connectivity index (χ2v) is 7.27. The number of aliphatic hydroxyl groups is 2. The summed E-state index contributed by atoms with van der Waals surface area (Å²) in [6, 6.07) is 0. The summed E-state index contributed by atoms with van der Waals surface area (Å²) in [5.41, 5.74) is 0. The SMILES string of the molecule is C.CC(=O)N(CC(=O)O)CC(=O)O.O=C(O)CC1CC(=O)N(CC(O)O)CC1=O.O=C(O)CNCC(=O)O. The molecule has 0 aliphatic carbocycles. The van der Waals surface area contributed by atoms with Gasteiger partial charge in [0.15, 0.2) is 12.1 Å². The lowest BCUT2D eigenvalue weighted by molar-refractivity contribution is -0.152. The van der Waals surface area contributed by atoms with Crippen LogP contribution in [0.5, 0.6) is 0 Å². The number of carbonyl (C=O) groups excluding carboxylic acids is 3. The minimum atomic E-state index is -1.69. The maximum Gasteiger partial charge on any atom is 0.323 e. The van der Waals surface area contributed by atoms with Gasteiger partial charge in [0.1, 0.15) is 13.1 Å². The predicted octanol–water partition coefficient (Wildman–Crippen LogP) is -3.43. The van der Waals surface area contributed by atoms with Crippen molar-refractivity contribution in [3.8, 4) is 0 Å². The van der Waals surface area contributed by atoms with Crippen LogP contribution < -0.4 is 5.32 Å². The first-order valence-corrected chi connectivity index (χ1v) is 10.2. The monoisotopic (exact) mass is 555 g/mol. The van der Waals surface area contributed by atoms with Gasteiger partial charge >= 0.3 is 29.8 Å². The zero-order valence-corrected chi connectivity index (χ0v) is 19.6. The van der Waals surface area contributed by atoms with Crippen LogP contribution in [-0.4, -0.2) is 139 Å². The third-order valence-electron chi connectivity index (χ3n) is 4.03. The second-order valence-electron chi connectivity index (χ2n) is 7.27. The molecule has 1 atom stereocenters. The van der Waals surface area contributed by atoms with Crippen LogP contribution in [-0.2, 0) is 38.4 Å². The van der Waals surface area contributed by atoms with Crippen LogP contribution in [0.25, 0.3) is 0 Å². The summed E-state index contributed by atoms with van der Waals surface area (Å²) in [6.45, 7) is -1.26. The first-order valence-electron chi connectivity index (χ1n) is 10.2. The van der Waals surface area contributed by atoms with E-state index in [1.165, 1.54) is 0 Å². The topological polar surface area (TPSA) is 297 Å². The normalized spacial score (nSPS) is 14.1. The van der Waals surface area contributed by atoms with Crippen molar-refractivity contribution in [2.45, 2.75) is 33.5 Å². The molecule has 0 radical (unpaired) electrons. The average Bonchev–Trinajstić information content (AvgIpc) is 2.70. The highest BCUT2D eigenvalue weighted by atomic mass is 16.5. The Hall–Kier alpha value is -4.16. The van der Waals surface area contributed by atoms with Gasteiger partial charge in [-0.3, -0.25) is 43.7 Å². The molecule has 1 aliphatic rings. The van der Waals surface area contributed by atoms with E-state index in [1.807, 2.05) is 0 Å². The highest BCUT2D eigenvalue weighted by Gasteiger charge is 2.34. The van der Waals surface area contributed by atoms with Crippen molar-refractivity contribution in [1.82, 2.24) is 15.1 Å². The van der Waals surface area contributed by atoms with E-state index in [4.69, 9.17) is 35.7 Å². The molecule has 38 heavy (non-hydrogen) atoms. The van der Waals surface area contributed by atoms with Crippen molar-refractivity contribution in [2.24, 2.45) is 5.92 Å². The van der Waals surface area contributed by atoms with E-state index >= 15 is 0 Å². The number of carboxylic acid groups (broad SMARTS) is 5. The van der Waals surface area contributed by atoms with Gasteiger partial charge in [0.05, 0.1) is 32.6 Å². The number of piperidine rings is 1. The van der Waals surface area contributed by atoms with Crippen LogP contribution in [0.2, 0.25) is 0 Å². The highest BCUT2D eigenvalue weighted by molar-refractivity contribution is 5.96. The van der Waals surface area contributed by atoms with Gasteiger partial charge in [0.25, 0.3) is 0 Å². The van der Waals surface area contributed by atoms with Crippen LogP contribution in [0.15, 0.2) is 0 Å². The van der Waals surface area contributed by atoms with E-state index in [9.17, 15) is 38.4 Å². The molecule has 0 aromatic rings. The van der Waals surface area contributed by atoms with Gasteiger partial charge in [-0.05, 0) is 0 Å². The molecule has 18 heteroatoms. The molecule has 1 rings (SSSR count). The molecule has 0 saturated carbocycles. The van der Waals surface area contributed by atoms with Crippen LogP contribution in [0, 0.1) is 5.92 Å². The Kier molecular flexibility index (Phi) is 20.2. The Morgan fingerprint density at radius 1 is 0.868 bits per heavy atom. The number of carboxylic acids is 5. The summed E-state index contributed by atoms with van der Waals surface area (Å²) < 4.78 is 0. The lowest BCUT2D eigenvalue weighted by Crippen LogP contribution is -2.48. The Balaban J connectivity index is -0.000000499. The molecular weight excluding hydrogens is 522 g/mol. The summed E-state index contributed by atoms with van der Waals surface area (Å²) in [5.74, 6) is -7.86. The molecule has 1 unspecified atom stereocenters. The summed E-state index contributed by atoms with van der Waals surface area (Å²) in [6.07, 6.45) is -2.23. The number of amides is 2. The molecule has 0 aromatic carbocycles. The first kappa shape index (κ1) is 38.4. The fraction of sp³-hybridized carbons (Fsp3) is 0.600. The number of aliphatic carboxylic acids is 5. The minimum absolute atomic E-state index is 0. The van der Waals surface area contributed by atoms with Crippen molar-refractivity contribution in [1.29, 1.82) is 0 Å². The number of nitrogens with one attached hydrogen (secondary N) is 1. The lowest BCUT2D eigenvalue weighted by atomic mass is 9.92. The van der Waals surface area contributed by atoms with Crippen molar-refractivity contribution >= 4 is 47.4 Å². The average molecular weight is 555 g/mol. The molecule has 2 amide bonds. The second kappa shape index (κ2) is 20.0. The molecule has 18 nitrogen and oxygen atoms in total. The van der Waals surface area contributed by atoms with Crippen LogP contribution >= 0.6 is 0 Å². The number of ketones is 1. The number of aliphatic hydroxyl groups excluding tert-OH is 1. The standard InChI is InChI=1S/C9H13NO6.C6H9NO5.C4H7NO4.CH4/c11-6-3-10(4-9(15)16)7(12)1-5(6)2-8(13)14;1-4(8)7(2-5(9)10)3-6(11)12;6-3(7)1-5-2-4(8)9;/h5,9,15-16H,1-4H2,(H,13,14);2-3H2,1H3,(H,9,10)(H,11,12);5H,1-2H2,(H,6,7)(H,8,9);1H4. The summed E-state index contributed by atoms with van der Waals surface area (Å²) in [4.78, 5) is 85.3. The summed E-state index contributed by atoms with van der Waals surface area (Å²) in [7, 11) is 0. The fourth-order valence-corrected chi connectivity index (χ4v) is 2.50. The zero-order chi connectivity index (χ0) is 29.3. The van der Waals surface area contributed by atoms with E-state index in [0.29, 0.717) is 0 Å². The van der Waals surface area contributed by atoms with E-state index < -0.39 is 67.0 Å². The number of hydrogen-bond donors (Lipinski definition) is 8. The van der Waals surface area contributed by atoms with Crippen LogP contribution in [0.4, 0.5) is 0 Å². The highest BCUT2D eigenvalue weighted by Crippen LogP contribution is 2.18. The van der Waals surface area contributed by atoms with Crippen molar-refractivity contribution < 1.29 is 74.1 Å². The first-order chi connectivity index (χ1) is 17.0. The minimum Gasteiger partial charge on any atom is -0.481 e. The van der Waals surface area contributed by atoms with Crippen LogP contribution in [0.3, 0.4) is 0 Å². The van der Waals surface area contributed by atoms with Gasteiger partial charge in [0, 0.05) is 19.3 Å². The molecule has 0 bridgehead atoms. The smallest absolute Gasteiger partial charge is 0.323 e. The predicted molar refractivity (Wildman–Crippen MR) is 123 cm³/mol. The molecule has 0 spiro atoms. The number of Topliss-reactive ketones (excluding diaryl/α,β-unsaturated/α-hetero) is 1. The molecule has 0 aromatic heterocycles.